The number of benzene rings is 1. The molecule has 0 bridgehead atoms. The Bertz CT molecular complexity index is 269. The SMILES string of the molecule is O=COc1ccc(O)c(O)c1. The van der Waals surface area contributed by atoms with Gasteiger partial charge in [0.2, 0.25) is 0 Å². The number of phenolic OH excluding ortho intramolecular Hbond substituents is 2. The molecule has 0 spiro atoms. The third-order valence-electron chi connectivity index (χ3n) is 1.13. The van der Waals surface area contributed by atoms with Crippen LogP contribution in [0, 0.1) is 0 Å². The fourth-order valence-corrected chi connectivity index (χ4v) is 0.632. The molecule has 2 N–H and O–H groups in total. The van der Waals surface area contributed by atoms with Crippen LogP contribution in [-0.4, -0.2) is 16.7 Å². The van der Waals surface area contributed by atoms with Gasteiger partial charge >= 0.3 is 0 Å². The topological polar surface area (TPSA) is 66.8 Å². The van der Waals surface area contributed by atoms with Gasteiger partial charge in [-0.25, -0.2) is 0 Å². The second kappa shape index (κ2) is 2.92. The molecule has 0 fully saturated rings. The van der Waals surface area contributed by atoms with E-state index in [1.54, 1.807) is 0 Å². The minimum absolute atomic E-state index is 0.190. The van der Waals surface area contributed by atoms with E-state index in [1.807, 2.05) is 0 Å². The van der Waals surface area contributed by atoms with E-state index < -0.39 is 0 Å². The summed E-state index contributed by atoms with van der Waals surface area (Å²) >= 11 is 0. The first-order chi connectivity index (χ1) is 5.24. The molecule has 0 aliphatic carbocycles. The number of aromatic hydroxyl groups is 2. The Balaban J connectivity index is 2.95. The van der Waals surface area contributed by atoms with Gasteiger partial charge in [-0.15, -0.1) is 0 Å². The largest absolute Gasteiger partial charge is 0.504 e. The predicted octanol–water partition coefficient (Wildman–Crippen LogP) is 0.633. The monoisotopic (exact) mass is 154 g/mol. The van der Waals surface area contributed by atoms with Gasteiger partial charge in [0, 0.05) is 6.07 Å². The minimum atomic E-state index is -0.315. The standard InChI is InChI=1S/C7H6O4/c8-4-11-5-1-2-6(9)7(10)3-5/h1-4,9-10H. The first-order valence-corrected chi connectivity index (χ1v) is 2.86. The van der Waals surface area contributed by atoms with Gasteiger partial charge in [0.15, 0.2) is 11.5 Å². The number of hydrogen-bond acceptors (Lipinski definition) is 4. The summed E-state index contributed by atoms with van der Waals surface area (Å²) in [5.74, 6) is -0.372. The molecule has 0 heterocycles. The van der Waals surface area contributed by atoms with Crippen molar-refractivity contribution in [1.82, 2.24) is 0 Å². The van der Waals surface area contributed by atoms with E-state index in [2.05, 4.69) is 4.74 Å². The summed E-state index contributed by atoms with van der Waals surface area (Å²) in [4.78, 5) is 9.80. The highest BCUT2D eigenvalue weighted by molar-refractivity contribution is 5.49. The zero-order valence-electron chi connectivity index (χ0n) is 5.52. The van der Waals surface area contributed by atoms with Crippen LogP contribution in [0.25, 0.3) is 0 Å². The number of ether oxygens (including phenoxy) is 1. The van der Waals surface area contributed by atoms with Crippen LogP contribution in [0.1, 0.15) is 0 Å². The molecule has 0 saturated carbocycles. The highest BCUT2D eigenvalue weighted by Crippen LogP contribution is 2.28. The van der Waals surface area contributed by atoms with Crippen LogP contribution in [-0.2, 0) is 4.79 Å². The number of rotatable bonds is 2. The van der Waals surface area contributed by atoms with Crippen molar-refractivity contribution in [3.8, 4) is 17.2 Å². The van der Waals surface area contributed by atoms with Crippen molar-refractivity contribution >= 4 is 6.47 Å². The van der Waals surface area contributed by atoms with Crippen LogP contribution in [0.5, 0.6) is 17.2 Å². The van der Waals surface area contributed by atoms with E-state index in [9.17, 15) is 4.79 Å². The summed E-state index contributed by atoms with van der Waals surface area (Å²) < 4.78 is 4.39. The lowest BCUT2D eigenvalue weighted by Crippen LogP contribution is -1.86. The second-order valence-electron chi connectivity index (χ2n) is 1.86. The lowest BCUT2D eigenvalue weighted by molar-refractivity contribution is -0.120. The predicted molar refractivity (Wildman–Crippen MR) is 36.5 cm³/mol. The van der Waals surface area contributed by atoms with E-state index in [0.717, 1.165) is 6.07 Å². The number of carbonyl (C=O) groups is 1. The van der Waals surface area contributed by atoms with Crippen molar-refractivity contribution < 1.29 is 19.7 Å². The van der Waals surface area contributed by atoms with Gasteiger partial charge in [-0.05, 0) is 12.1 Å². The fourth-order valence-electron chi connectivity index (χ4n) is 0.632. The van der Waals surface area contributed by atoms with Crippen LogP contribution in [0.2, 0.25) is 0 Å². The minimum Gasteiger partial charge on any atom is -0.504 e. The van der Waals surface area contributed by atoms with Crippen LogP contribution >= 0.6 is 0 Å². The third-order valence-corrected chi connectivity index (χ3v) is 1.13. The van der Waals surface area contributed by atoms with Crippen LogP contribution in [0.15, 0.2) is 18.2 Å². The number of phenols is 2. The Kier molecular flexibility index (Phi) is 1.96. The molecule has 0 aliphatic rings. The van der Waals surface area contributed by atoms with E-state index in [4.69, 9.17) is 10.2 Å². The highest BCUT2D eigenvalue weighted by atomic mass is 16.5. The maximum atomic E-state index is 9.80. The summed E-state index contributed by atoms with van der Waals surface area (Å²) in [7, 11) is 0. The molecule has 1 rings (SSSR count). The van der Waals surface area contributed by atoms with E-state index in [1.165, 1.54) is 12.1 Å². The molecule has 0 radical (unpaired) electrons. The third kappa shape index (κ3) is 1.61. The Morgan fingerprint density at radius 2 is 2.00 bits per heavy atom. The van der Waals surface area contributed by atoms with Gasteiger partial charge in [-0.1, -0.05) is 0 Å². The molecule has 1 aromatic rings. The quantitative estimate of drug-likeness (QED) is 0.484. The molecule has 4 nitrogen and oxygen atoms in total. The van der Waals surface area contributed by atoms with Crippen LogP contribution < -0.4 is 4.74 Å². The van der Waals surface area contributed by atoms with Crippen molar-refractivity contribution in [2.24, 2.45) is 0 Å². The highest BCUT2D eigenvalue weighted by Gasteiger charge is 1.99. The van der Waals surface area contributed by atoms with Gasteiger partial charge < -0.3 is 14.9 Å². The first-order valence-electron chi connectivity index (χ1n) is 2.86. The first kappa shape index (κ1) is 7.40. The van der Waals surface area contributed by atoms with Gasteiger partial charge in [-0.2, -0.15) is 0 Å². The zero-order valence-corrected chi connectivity index (χ0v) is 5.52. The lowest BCUT2D eigenvalue weighted by Gasteiger charge is -1.99. The van der Waals surface area contributed by atoms with Crippen LogP contribution in [0.4, 0.5) is 0 Å². The average Bonchev–Trinajstić information content (AvgIpc) is 1.98. The normalized spacial score (nSPS) is 9.09. The number of carbonyl (C=O) groups excluding carboxylic acids is 1. The summed E-state index contributed by atoms with van der Waals surface area (Å²) in [6.45, 7) is 0.242. The molecular weight excluding hydrogens is 148 g/mol. The lowest BCUT2D eigenvalue weighted by atomic mass is 10.3. The van der Waals surface area contributed by atoms with Gasteiger partial charge in [0.25, 0.3) is 6.47 Å². The van der Waals surface area contributed by atoms with Gasteiger partial charge in [0.1, 0.15) is 5.75 Å². The summed E-state index contributed by atoms with van der Waals surface area (Å²) in [6.07, 6.45) is 0. The Morgan fingerprint density at radius 3 is 2.55 bits per heavy atom. The molecule has 0 aromatic heterocycles. The Morgan fingerprint density at radius 1 is 1.27 bits per heavy atom. The Hall–Kier alpha value is -1.71. The Labute approximate surface area is 62.7 Å². The van der Waals surface area contributed by atoms with E-state index >= 15 is 0 Å². The van der Waals surface area contributed by atoms with E-state index in [0.29, 0.717) is 0 Å². The molecule has 4 heteroatoms. The molecule has 0 saturated heterocycles. The fraction of sp³-hybridized carbons (Fsp3) is 0. The second-order valence-corrected chi connectivity index (χ2v) is 1.86. The molecular formula is C7H6O4. The summed E-state index contributed by atoms with van der Waals surface area (Å²) in [5, 5.41) is 17.7. The van der Waals surface area contributed by atoms with Gasteiger partial charge in [0.05, 0.1) is 0 Å². The maximum Gasteiger partial charge on any atom is 0.298 e. The molecule has 0 atom stereocenters. The molecule has 0 amide bonds. The number of hydrogen-bond donors (Lipinski definition) is 2. The summed E-state index contributed by atoms with van der Waals surface area (Å²) in [5.41, 5.74) is 0. The average molecular weight is 154 g/mol. The molecule has 11 heavy (non-hydrogen) atoms. The van der Waals surface area contributed by atoms with Crippen molar-refractivity contribution in [3.05, 3.63) is 18.2 Å². The van der Waals surface area contributed by atoms with Crippen molar-refractivity contribution in [1.29, 1.82) is 0 Å². The molecule has 58 valence electrons. The van der Waals surface area contributed by atoms with E-state index in [-0.39, 0.29) is 23.7 Å². The molecule has 0 unspecified atom stereocenters. The van der Waals surface area contributed by atoms with Crippen LogP contribution in [0.3, 0.4) is 0 Å². The molecule has 0 aliphatic heterocycles. The zero-order chi connectivity index (χ0) is 8.27. The molecule has 1 aromatic carbocycles. The van der Waals surface area contributed by atoms with Crippen molar-refractivity contribution in [3.63, 3.8) is 0 Å². The van der Waals surface area contributed by atoms with Crippen molar-refractivity contribution in [2.75, 3.05) is 0 Å². The van der Waals surface area contributed by atoms with Crippen molar-refractivity contribution in [2.45, 2.75) is 0 Å². The van der Waals surface area contributed by atoms with Gasteiger partial charge in [-0.3, -0.25) is 4.79 Å². The smallest absolute Gasteiger partial charge is 0.298 e. The summed E-state index contributed by atoms with van der Waals surface area (Å²) in [6, 6.07) is 3.74. The maximum absolute atomic E-state index is 9.80.